The van der Waals surface area contributed by atoms with E-state index in [2.05, 4.69) is 19.2 Å². The van der Waals surface area contributed by atoms with Crippen LogP contribution in [-0.4, -0.2) is 98.2 Å². The van der Waals surface area contributed by atoms with Gasteiger partial charge in [-0.25, -0.2) is 21.6 Å². The number of aryl methyl sites for hydroxylation is 3. The van der Waals surface area contributed by atoms with Crippen molar-refractivity contribution >= 4 is 37.6 Å². The predicted octanol–water partition coefficient (Wildman–Crippen LogP) is 4.22. The summed E-state index contributed by atoms with van der Waals surface area (Å²) in [5.74, 6) is 0.307. The third-order valence-electron chi connectivity index (χ3n) is 10.1. The summed E-state index contributed by atoms with van der Waals surface area (Å²) in [6, 6.07) is 13.0. The van der Waals surface area contributed by atoms with Crippen molar-refractivity contribution in [2.24, 2.45) is 0 Å². The third kappa shape index (κ3) is 8.40. The third-order valence-corrected chi connectivity index (χ3v) is 13.4. The van der Waals surface area contributed by atoms with E-state index in [1.54, 1.807) is 25.1 Å². The molecule has 2 fully saturated rings. The number of aromatic nitrogens is 2. The van der Waals surface area contributed by atoms with Crippen LogP contribution in [0.25, 0.3) is 11.3 Å². The van der Waals surface area contributed by atoms with Crippen molar-refractivity contribution in [3.8, 4) is 11.3 Å². The molecule has 0 aliphatic carbocycles. The Kier molecular flexibility index (Phi) is 11.2. The normalized spacial score (nSPS) is 18.3. The SMILES string of the molecule is Cc1ccccc1S(=O)(=O)NCCCc1cc(-c2nn(CCCN3CCC(N4CCCC4=O)CC3)c3c2CN(S(C)(=O)=O)CC3)ccc1Cl. The molecule has 266 valence electrons. The Hall–Kier alpha value is -2.81. The number of fused-ring (bicyclic) bond motifs is 1. The minimum Gasteiger partial charge on any atom is -0.340 e. The number of nitrogens with zero attached hydrogens (tertiary/aromatic N) is 5. The van der Waals surface area contributed by atoms with Crippen molar-refractivity contribution in [2.75, 3.05) is 45.5 Å². The van der Waals surface area contributed by atoms with Gasteiger partial charge in [-0.05, 0) is 81.3 Å². The molecule has 1 N–H and O–H groups in total. The van der Waals surface area contributed by atoms with Crippen LogP contribution in [0.1, 0.15) is 60.9 Å². The van der Waals surface area contributed by atoms with Gasteiger partial charge in [0.05, 0.1) is 16.8 Å². The minimum atomic E-state index is -3.62. The summed E-state index contributed by atoms with van der Waals surface area (Å²) in [4.78, 5) is 17.0. The Morgan fingerprint density at radius 2 is 1.73 bits per heavy atom. The van der Waals surface area contributed by atoms with Crippen molar-refractivity contribution in [1.82, 2.24) is 28.6 Å². The van der Waals surface area contributed by atoms with E-state index in [0.717, 1.165) is 86.5 Å². The molecular weight excluding hydrogens is 684 g/mol. The maximum absolute atomic E-state index is 12.8. The number of hydrogen-bond donors (Lipinski definition) is 1. The lowest BCUT2D eigenvalue weighted by Crippen LogP contribution is -2.45. The summed E-state index contributed by atoms with van der Waals surface area (Å²) in [6.45, 7) is 7.28. The zero-order chi connectivity index (χ0) is 34.8. The van der Waals surface area contributed by atoms with Crippen LogP contribution in [0.2, 0.25) is 5.02 Å². The fourth-order valence-electron chi connectivity index (χ4n) is 7.45. The highest BCUT2D eigenvalue weighted by Gasteiger charge is 2.32. The first-order valence-corrected chi connectivity index (χ1v) is 21.0. The Morgan fingerprint density at radius 1 is 0.959 bits per heavy atom. The lowest BCUT2D eigenvalue weighted by Gasteiger charge is -2.36. The molecule has 0 bridgehead atoms. The molecule has 4 heterocycles. The summed E-state index contributed by atoms with van der Waals surface area (Å²) >= 11 is 6.62. The second kappa shape index (κ2) is 15.2. The largest absolute Gasteiger partial charge is 0.340 e. The monoisotopic (exact) mass is 730 g/mol. The highest BCUT2D eigenvalue weighted by molar-refractivity contribution is 7.89. The van der Waals surface area contributed by atoms with Gasteiger partial charge in [-0.2, -0.15) is 9.40 Å². The molecule has 3 aliphatic heterocycles. The molecule has 3 aromatic rings. The number of likely N-dealkylation sites (tertiary alicyclic amines) is 2. The number of rotatable bonds is 13. The zero-order valence-corrected chi connectivity index (χ0v) is 30.8. The van der Waals surface area contributed by atoms with Crippen LogP contribution in [-0.2, 0) is 50.8 Å². The van der Waals surface area contributed by atoms with Gasteiger partial charge in [0, 0.05) is 86.5 Å². The van der Waals surface area contributed by atoms with E-state index in [4.69, 9.17) is 16.7 Å². The number of benzene rings is 2. The van der Waals surface area contributed by atoms with E-state index < -0.39 is 20.0 Å². The second-order valence-electron chi connectivity index (χ2n) is 13.5. The summed E-state index contributed by atoms with van der Waals surface area (Å²) in [7, 11) is -7.00. The molecule has 49 heavy (non-hydrogen) atoms. The van der Waals surface area contributed by atoms with Gasteiger partial charge in [0.25, 0.3) is 0 Å². The highest BCUT2D eigenvalue weighted by Crippen LogP contribution is 2.33. The van der Waals surface area contributed by atoms with E-state index in [1.807, 2.05) is 24.3 Å². The Bertz CT molecular complexity index is 1890. The molecule has 1 aromatic heterocycles. The number of halogens is 1. The minimum absolute atomic E-state index is 0.263. The second-order valence-corrected chi connectivity index (χ2v) is 17.7. The molecule has 11 nitrogen and oxygen atoms in total. The van der Waals surface area contributed by atoms with Crippen molar-refractivity contribution in [3.05, 3.63) is 69.9 Å². The molecule has 0 unspecified atom stereocenters. The van der Waals surface area contributed by atoms with Crippen LogP contribution in [0.5, 0.6) is 0 Å². The van der Waals surface area contributed by atoms with Crippen molar-refractivity contribution < 1.29 is 21.6 Å². The summed E-state index contributed by atoms with van der Waals surface area (Å²) in [5, 5.41) is 5.67. The predicted molar refractivity (Wildman–Crippen MR) is 191 cm³/mol. The number of nitrogens with one attached hydrogen (secondary N) is 1. The molecule has 2 aromatic carbocycles. The van der Waals surface area contributed by atoms with Gasteiger partial charge in [0.15, 0.2) is 0 Å². The van der Waals surface area contributed by atoms with Gasteiger partial charge >= 0.3 is 0 Å². The van der Waals surface area contributed by atoms with Gasteiger partial charge in [-0.3, -0.25) is 9.48 Å². The number of hydrogen-bond acceptors (Lipinski definition) is 7. The first-order valence-electron chi connectivity index (χ1n) is 17.3. The van der Waals surface area contributed by atoms with Crippen molar-refractivity contribution in [1.29, 1.82) is 0 Å². The lowest BCUT2D eigenvalue weighted by molar-refractivity contribution is -0.130. The van der Waals surface area contributed by atoms with E-state index in [9.17, 15) is 21.6 Å². The van der Waals surface area contributed by atoms with Crippen LogP contribution in [0, 0.1) is 6.92 Å². The smallest absolute Gasteiger partial charge is 0.240 e. The fraction of sp³-hybridized carbons (Fsp3) is 0.543. The maximum atomic E-state index is 12.8. The molecule has 6 rings (SSSR count). The Labute approximate surface area is 295 Å². The number of amides is 1. The van der Waals surface area contributed by atoms with Gasteiger partial charge < -0.3 is 9.80 Å². The average molecular weight is 731 g/mol. The van der Waals surface area contributed by atoms with Gasteiger partial charge in [0.2, 0.25) is 26.0 Å². The molecule has 14 heteroatoms. The number of carbonyl (C=O) groups is 1. The quantitative estimate of drug-likeness (QED) is 0.261. The van der Waals surface area contributed by atoms with Crippen LogP contribution in [0.4, 0.5) is 0 Å². The number of carbonyl (C=O) groups excluding carboxylic acids is 1. The molecule has 1 amide bonds. The summed E-state index contributed by atoms with van der Waals surface area (Å²) in [5.41, 5.74) is 5.20. The molecule has 3 aliphatic rings. The van der Waals surface area contributed by atoms with E-state index in [-0.39, 0.29) is 18.0 Å². The topological polar surface area (TPSA) is 125 Å². The summed E-state index contributed by atoms with van der Waals surface area (Å²) in [6.07, 6.45) is 7.57. The Balaban J connectivity index is 1.12. The number of sulfonamides is 2. The Morgan fingerprint density at radius 3 is 2.45 bits per heavy atom. The van der Waals surface area contributed by atoms with Crippen molar-refractivity contribution in [2.45, 2.75) is 82.3 Å². The van der Waals surface area contributed by atoms with Crippen LogP contribution in [0.3, 0.4) is 0 Å². The standard InChI is InChI=1S/C35H47ClN6O5S2/c1-26-8-3-4-10-33(26)49(46,47)37-17-5-9-27-24-28(12-13-31(27)36)35-30-25-40(48(2,44)45)23-16-32(30)42(38-35)20-7-18-39-21-14-29(15-22-39)41-19-6-11-34(41)43/h3-4,8,10,12-13,24,29,37H,5-7,9,11,14-23,25H2,1-2H3. The average Bonchev–Trinajstić information content (AvgIpc) is 3.67. The molecule has 0 spiro atoms. The lowest BCUT2D eigenvalue weighted by atomic mass is 9.99. The van der Waals surface area contributed by atoms with E-state index >= 15 is 0 Å². The zero-order valence-electron chi connectivity index (χ0n) is 28.4. The fourth-order valence-corrected chi connectivity index (χ4v) is 9.77. The number of piperidine rings is 1. The molecule has 2 saturated heterocycles. The highest BCUT2D eigenvalue weighted by atomic mass is 35.5. The van der Waals surface area contributed by atoms with Gasteiger partial charge in [-0.1, -0.05) is 35.9 Å². The summed E-state index contributed by atoms with van der Waals surface area (Å²) < 4.78 is 57.1. The first kappa shape index (κ1) is 36.0. The molecular formula is C35H47ClN6O5S2. The van der Waals surface area contributed by atoms with Gasteiger partial charge in [0.1, 0.15) is 0 Å². The van der Waals surface area contributed by atoms with Crippen LogP contribution < -0.4 is 4.72 Å². The molecule has 0 saturated carbocycles. The van der Waals surface area contributed by atoms with Gasteiger partial charge in [-0.15, -0.1) is 0 Å². The van der Waals surface area contributed by atoms with E-state index in [0.29, 0.717) is 54.8 Å². The maximum Gasteiger partial charge on any atom is 0.240 e. The molecule has 0 atom stereocenters. The van der Waals surface area contributed by atoms with Crippen molar-refractivity contribution in [3.63, 3.8) is 0 Å². The van der Waals surface area contributed by atoms with E-state index in [1.165, 1.54) is 10.6 Å². The molecule has 0 radical (unpaired) electrons. The van der Waals surface area contributed by atoms with Crippen LogP contribution >= 0.6 is 11.6 Å². The van der Waals surface area contributed by atoms with Crippen LogP contribution in [0.15, 0.2) is 47.4 Å². The first-order chi connectivity index (χ1) is 23.4.